The summed E-state index contributed by atoms with van der Waals surface area (Å²) in [5.41, 5.74) is 1.40. The number of fused-ring (bicyclic) bond motifs is 1. The number of aryl methyl sites for hydroxylation is 1. The monoisotopic (exact) mass is 269 g/mol. The number of aromatic nitrogens is 1. The fourth-order valence-corrected chi connectivity index (χ4v) is 3.02. The minimum absolute atomic E-state index is 0.0363. The Hall–Kier alpha value is -1.36. The largest absolute Gasteiger partial charge is 0.344 e. The van der Waals surface area contributed by atoms with Gasteiger partial charge in [-0.3, -0.25) is 0 Å². The van der Waals surface area contributed by atoms with Gasteiger partial charge < -0.3 is 4.57 Å². The molecule has 1 aromatic carbocycles. The molecule has 0 radical (unpaired) electrons. The van der Waals surface area contributed by atoms with Gasteiger partial charge in [-0.25, -0.2) is 12.8 Å². The minimum Gasteiger partial charge on any atom is -0.344 e. The molecule has 2 rings (SSSR count). The molecular weight excluding hydrogens is 253 g/mol. The van der Waals surface area contributed by atoms with E-state index in [1.807, 2.05) is 17.6 Å². The third-order valence-electron chi connectivity index (χ3n) is 3.10. The molecule has 0 aliphatic heterocycles. The molecule has 0 bridgehead atoms. The Kier molecular flexibility index (Phi) is 3.43. The van der Waals surface area contributed by atoms with Crippen LogP contribution in [0.3, 0.4) is 0 Å². The molecule has 0 aliphatic rings. The third-order valence-corrected chi connectivity index (χ3v) is 4.72. The summed E-state index contributed by atoms with van der Waals surface area (Å²) in [6.45, 7) is 4.17. The fourth-order valence-electron chi connectivity index (χ4n) is 2.12. The van der Waals surface area contributed by atoms with Crippen molar-refractivity contribution in [2.24, 2.45) is 0 Å². The molecule has 0 N–H and O–H groups in total. The number of rotatable bonds is 4. The van der Waals surface area contributed by atoms with E-state index in [1.165, 1.54) is 6.07 Å². The average molecular weight is 269 g/mol. The number of benzene rings is 1. The van der Waals surface area contributed by atoms with Crippen molar-refractivity contribution < 1.29 is 12.8 Å². The van der Waals surface area contributed by atoms with E-state index in [0.29, 0.717) is 17.6 Å². The van der Waals surface area contributed by atoms with E-state index in [0.717, 1.165) is 5.52 Å². The lowest BCUT2D eigenvalue weighted by molar-refractivity contribution is 0.594. The average Bonchev–Trinajstić information content (AvgIpc) is 2.67. The Morgan fingerprint density at radius 1 is 1.28 bits per heavy atom. The van der Waals surface area contributed by atoms with Crippen LogP contribution in [0.1, 0.15) is 19.5 Å². The van der Waals surface area contributed by atoms with E-state index in [1.54, 1.807) is 19.1 Å². The van der Waals surface area contributed by atoms with Crippen LogP contribution in [0.5, 0.6) is 0 Å². The second kappa shape index (κ2) is 4.72. The van der Waals surface area contributed by atoms with E-state index in [4.69, 9.17) is 0 Å². The first-order valence-electron chi connectivity index (χ1n) is 5.95. The van der Waals surface area contributed by atoms with Crippen LogP contribution >= 0.6 is 0 Å². The summed E-state index contributed by atoms with van der Waals surface area (Å²) < 4.78 is 38.9. The smallest absolute Gasteiger partial charge is 0.155 e. The molecule has 98 valence electrons. The molecule has 0 amide bonds. The van der Waals surface area contributed by atoms with Crippen molar-refractivity contribution in [3.8, 4) is 0 Å². The maximum atomic E-state index is 13.7. The Labute approximate surface area is 106 Å². The highest BCUT2D eigenvalue weighted by molar-refractivity contribution is 7.90. The predicted octanol–water partition coefficient (Wildman–Crippen LogP) is 2.74. The zero-order valence-electron chi connectivity index (χ0n) is 10.5. The molecule has 0 unspecified atom stereocenters. The summed E-state index contributed by atoms with van der Waals surface area (Å²) in [5, 5.41) is 0.487. The van der Waals surface area contributed by atoms with Crippen LogP contribution < -0.4 is 0 Å². The number of halogens is 1. The van der Waals surface area contributed by atoms with Crippen LogP contribution in [0.4, 0.5) is 4.39 Å². The standard InChI is InChI=1S/C13H16FNO2S/c1-3-15-10(9-18(16,17)4-2)8-11-12(14)6-5-7-13(11)15/h5-8H,3-4,9H2,1-2H3. The van der Waals surface area contributed by atoms with Crippen molar-refractivity contribution in [1.29, 1.82) is 0 Å². The molecular formula is C13H16FNO2S. The minimum atomic E-state index is -3.11. The summed E-state index contributed by atoms with van der Waals surface area (Å²) in [6.07, 6.45) is 0. The maximum absolute atomic E-state index is 13.7. The van der Waals surface area contributed by atoms with Crippen LogP contribution in [-0.2, 0) is 22.1 Å². The van der Waals surface area contributed by atoms with Gasteiger partial charge in [-0.2, -0.15) is 0 Å². The Bertz CT molecular complexity index is 674. The summed E-state index contributed by atoms with van der Waals surface area (Å²) in [6, 6.07) is 6.48. The quantitative estimate of drug-likeness (QED) is 0.856. The summed E-state index contributed by atoms with van der Waals surface area (Å²) in [5.74, 6) is -0.249. The van der Waals surface area contributed by atoms with Gasteiger partial charge in [0.1, 0.15) is 5.82 Å². The number of hydrogen-bond acceptors (Lipinski definition) is 2. The predicted molar refractivity (Wildman–Crippen MR) is 70.7 cm³/mol. The van der Waals surface area contributed by atoms with E-state index >= 15 is 0 Å². The normalized spacial score (nSPS) is 12.2. The Balaban J connectivity index is 2.61. The van der Waals surface area contributed by atoms with Gasteiger partial charge in [0.25, 0.3) is 0 Å². The highest BCUT2D eigenvalue weighted by Gasteiger charge is 2.16. The summed E-state index contributed by atoms with van der Waals surface area (Å²) in [7, 11) is -3.11. The highest BCUT2D eigenvalue weighted by Crippen LogP contribution is 2.24. The molecule has 0 spiro atoms. The van der Waals surface area contributed by atoms with Gasteiger partial charge in [0.15, 0.2) is 9.84 Å². The molecule has 3 nitrogen and oxygen atoms in total. The molecule has 0 saturated carbocycles. The van der Waals surface area contributed by atoms with Gasteiger partial charge in [0.05, 0.1) is 11.3 Å². The van der Waals surface area contributed by atoms with Gasteiger partial charge in [-0.15, -0.1) is 0 Å². The zero-order chi connectivity index (χ0) is 13.3. The summed E-state index contributed by atoms with van der Waals surface area (Å²) >= 11 is 0. The van der Waals surface area contributed by atoms with E-state index in [2.05, 4.69) is 0 Å². The fraction of sp³-hybridized carbons (Fsp3) is 0.385. The zero-order valence-corrected chi connectivity index (χ0v) is 11.3. The number of hydrogen-bond donors (Lipinski definition) is 0. The SMILES string of the molecule is CCn1c(CS(=O)(=O)CC)cc2c(F)cccc21. The molecule has 1 aromatic heterocycles. The second-order valence-corrected chi connectivity index (χ2v) is 6.58. The van der Waals surface area contributed by atoms with Gasteiger partial charge >= 0.3 is 0 Å². The molecule has 0 aliphatic carbocycles. The Morgan fingerprint density at radius 2 is 2.00 bits per heavy atom. The van der Waals surface area contributed by atoms with Gasteiger partial charge in [-0.05, 0) is 25.1 Å². The van der Waals surface area contributed by atoms with Gasteiger partial charge in [0, 0.05) is 23.4 Å². The van der Waals surface area contributed by atoms with Gasteiger partial charge in [0.2, 0.25) is 0 Å². The Morgan fingerprint density at radius 3 is 2.61 bits per heavy atom. The molecule has 2 aromatic rings. The lowest BCUT2D eigenvalue weighted by atomic mass is 10.2. The van der Waals surface area contributed by atoms with Crippen LogP contribution in [0.2, 0.25) is 0 Å². The molecule has 0 atom stereocenters. The molecule has 1 heterocycles. The summed E-state index contributed by atoms with van der Waals surface area (Å²) in [4.78, 5) is 0. The van der Waals surface area contributed by atoms with Crippen LogP contribution in [0, 0.1) is 5.82 Å². The first kappa shape index (κ1) is 13.1. The third kappa shape index (κ3) is 2.27. The lowest BCUT2D eigenvalue weighted by Crippen LogP contribution is -2.10. The van der Waals surface area contributed by atoms with Crippen molar-refractivity contribution in [2.45, 2.75) is 26.1 Å². The lowest BCUT2D eigenvalue weighted by Gasteiger charge is -2.07. The van der Waals surface area contributed by atoms with E-state index in [-0.39, 0.29) is 17.3 Å². The topological polar surface area (TPSA) is 39.1 Å². The van der Waals surface area contributed by atoms with Crippen LogP contribution in [0.15, 0.2) is 24.3 Å². The second-order valence-electron chi connectivity index (χ2n) is 4.23. The van der Waals surface area contributed by atoms with E-state index < -0.39 is 9.84 Å². The number of sulfone groups is 1. The van der Waals surface area contributed by atoms with Crippen molar-refractivity contribution in [3.05, 3.63) is 35.8 Å². The van der Waals surface area contributed by atoms with Crippen molar-refractivity contribution >= 4 is 20.7 Å². The molecule has 0 saturated heterocycles. The first-order chi connectivity index (χ1) is 8.48. The number of nitrogens with zero attached hydrogens (tertiary/aromatic N) is 1. The maximum Gasteiger partial charge on any atom is 0.155 e. The van der Waals surface area contributed by atoms with Gasteiger partial charge in [-0.1, -0.05) is 13.0 Å². The highest BCUT2D eigenvalue weighted by atomic mass is 32.2. The van der Waals surface area contributed by atoms with Crippen molar-refractivity contribution in [2.75, 3.05) is 5.75 Å². The van der Waals surface area contributed by atoms with E-state index in [9.17, 15) is 12.8 Å². The molecule has 5 heteroatoms. The molecule has 0 fully saturated rings. The molecule has 18 heavy (non-hydrogen) atoms. The van der Waals surface area contributed by atoms with Crippen LogP contribution in [0.25, 0.3) is 10.9 Å². The first-order valence-corrected chi connectivity index (χ1v) is 7.77. The van der Waals surface area contributed by atoms with Crippen LogP contribution in [-0.4, -0.2) is 18.7 Å². The van der Waals surface area contributed by atoms with Crippen molar-refractivity contribution in [3.63, 3.8) is 0 Å². The van der Waals surface area contributed by atoms with Crippen molar-refractivity contribution in [1.82, 2.24) is 4.57 Å².